The number of benzene rings is 1. The van der Waals surface area contributed by atoms with Crippen molar-refractivity contribution < 1.29 is 9.47 Å². The number of aryl methyl sites for hydroxylation is 2. The minimum atomic E-state index is 0.315. The Balaban J connectivity index is 0.000000195. The van der Waals surface area contributed by atoms with Crippen LogP contribution < -0.4 is 25.0 Å². The molecule has 1 fully saturated rings. The van der Waals surface area contributed by atoms with Crippen molar-refractivity contribution in [1.29, 1.82) is 0 Å². The molecule has 0 spiro atoms. The van der Waals surface area contributed by atoms with Crippen LogP contribution in [-0.2, 0) is 6.54 Å². The molecule has 2 aromatic heterocycles. The van der Waals surface area contributed by atoms with Crippen LogP contribution in [0.2, 0.25) is 0 Å². The third-order valence-electron chi connectivity index (χ3n) is 5.74. The van der Waals surface area contributed by atoms with Gasteiger partial charge in [0.05, 0.1) is 5.52 Å². The Morgan fingerprint density at radius 1 is 1.06 bits per heavy atom. The standard InChI is InChI=1S/C15H25N5.C10H11NO2.C2H6/c1-11-19-13-12(6-7-18-14(13)16-5)20(11)9-8-17-10-15(2,3)4;1-7-4-9-10(13-6-12-9)5-8(7)11-2-3-11;1-2/h6-7,17H,8-10H2,1-5H3,(H,16,18);4-5H,2-3,6H2,1H3;1-2H3. The molecule has 3 aromatic rings. The monoisotopic (exact) mass is 482 g/mol. The van der Waals surface area contributed by atoms with E-state index in [0.717, 1.165) is 53.8 Å². The summed E-state index contributed by atoms with van der Waals surface area (Å²) in [5, 5.41) is 6.60. The molecule has 0 saturated carbocycles. The lowest BCUT2D eigenvalue weighted by molar-refractivity contribution is 0.174. The predicted octanol–water partition coefficient (Wildman–Crippen LogP) is 4.99. The first-order valence-corrected chi connectivity index (χ1v) is 12.6. The van der Waals surface area contributed by atoms with Crippen molar-refractivity contribution in [3.05, 3.63) is 35.8 Å². The molecule has 1 aromatic carbocycles. The van der Waals surface area contributed by atoms with Crippen molar-refractivity contribution in [2.45, 2.75) is 55.0 Å². The van der Waals surface area contributed by atoms with Gasteiger partial charge in [0.25, 0.3) is 0 Å². The lowest BCUT2D eigenvalue weighted by Gasteiger charge is -2.19. The summed E-state index contributed by atoms with van der Waals surface area (Å²) in [5.41, 5.74) is 4.95. The molecule has 8 nitrogen and oxygen atoms in total. The SMILES string of the molecule is CC.CNc1nccc2c1nc(C)n2CCNCC(C)(C)C.Cc1cc2c(cc1N1CC1)OCO2. The summed E-state index contributed by atoms with van der Waals surface area (Å²) in [6.45, 7) is 20.4. The molecular formula is C27H42N6O2. The highest BCUT2D eigenvalue weighted by Gasteiger charge is 2.23. The summed E-state index contributed by atoms with van der Waals surface area (Å²) in [6.07, 6.45) is 1.83. The number of fused-ring (bicyclic) bond motifs is 2. The molecule has 0 aliphatic carbocycles. The number of imidazole rings is 1. The number of ether oxygens (including phenoxy) is 2. The molecule has 1 saturated heterocycles. The number of aromatic nitrogens is 3. The minimum absolute atomic E-state index is 0.315. The largest absolute Gasteiger partial charge is 0.454 e. The molecule has 0 radical (unpaired) electrons. The summed E-state index contributed by atoms with van der Waals surface area (Å²) in [5.74, 6) is 3.63. The van der Waals surface area contributed by atoms with Gasteiger partial charge in [-0.15, -0.1) is 0 Å². The Bertz CT molecular complexity index is 1120. The van der Waals surface area contributed by atoms with Crippen molar-refractivity contribution in [2.24, 2.45) is 5.41 Å². The van der Waals surface area contributed by atoms with E-state index < -0.39 is 0 Å². The fourth-order valence-electron chi connectivity index (χ4n) is 3.95. The number of anilines is 2. The number of pyridine rings is 1. The van der Waals surface area contributed by atoms with Crippen LogP contribution in [0.25, 0.3) is 11.0 Å². The summed E-state index contributed by atoms with van der Waals surface area (Å²) in [4.78, 5) is 11.2. The summed E-state index contributed by atoms with van der Waals surface area (Å²) >= 11 is 0. The Morgan fingerprint density at radius 3 is 2.37 bits per heavy atom. The van der Waals surface area contributed by atoms with E-state index in [1.54, 1.807) is 0 Å². The van der Waals surface area contributed by atoms with E-state index in [1.165, 1.54) is 24.3 Å². The molecule has 2 aliphatic heterocycles. The number of nitrogens with one attached hydrogen (secondary N) is 2. The van der Waals surface area contributed by atoms with E-state index in [4.69, 9.17) is 9.47 Å². The van der Waals surface area contributed by atoms with Gasteiger partial charge in [0.15, 0.2) is 17.3 Å². The Labute approximate surface area is 210 Å². The average Bonchev–Trinajstić information content (AvgIpc) is 3.49. The molecule has 192 valence electrons. The summed E-state index contributed by atoms with van der Waals surface area (Å²) in [7, 11) is 1.88. The van der Waals surface area contributed by atoms with Gasteiger partial charge in [-0.1, -0.05) is 34.6 Å². The van der Waals surface area contributed by atoms with Crippen molar-refractivity contribution in [3.63, 3.8) is 0 Å². The summed E-state index contributed by atoms with van der Waals surface area (Å²) < 4.78 is 12.9. The molecular weight excluding hydrogens is 440 g/mol. The second kappa shape index (κ2) is 11.6. The van der Waals surface area contributed by atoms with E-state index >= 15 is 0 Å². The third kappa shape index (κ3) is 6.78. The zero-order chi connectivity index (χ0) is 25.6. The number of hydrogen-bond donors (Lipinski definition) is 2. The minimum Gasteiger partial charge on any atom is -0.454 e. The molecule has 35 heavy (non-hydrogen) atoms. The van der Waals surface area contributed by atoms with Gasteiger partial charge in [0, 0.05) is 57.7 Å². The fraction of sp³-hybridized carbons (Fsp3) is 0.556. The van der Waals surface area contributed by atoms with Crippen molar-refractivity contribution in [2.75, 3.05) is 50.2 Å². The highest BCUT2D eigenvalue weighted by molar-refractivity contribution is 5.86. The number of nitrogens with zero attached hydrogens (tertiary/aromatic N) is 4. The highest BCUT2D eigenvalue weighted by atomic mass is 16.7. The number of rotatable bonds is 6. The van der Waals surface area contributed by atoms with E-state index in [0.29, 0.717) is 12.2 Å². The van der Waals surface area contributed by atoms with Crippen LogP contribution >= 0.6 is 0 Å². The maximum absolute atomic E-state index is 5.32. The van der Waals surface area contributed by atoms with Gasteiger partial charge < -0.3 is 29.6 Å². The van der Waals surface area contributed by atoms with Crippen LogP contribution in [0.1, 0.15) is 46.0 Å². The predicted molar refractivity (Wildman–Crippen MR) is 145 cm³/mol. The normalized spacial score (nSPS) is 13.7. The van der Waals surface area contributed by atoms with E-state index in [1.807, 2.05) is 40.1 Å². The zero-order valence-electron chi connectivity index (χ0n) is 22.7. The molecule has 5 rings (SSSR count). The quantitative estimate of drug-likeness (QED) is 0.379. The number of hydrogen-bond acceptors (Lipinski definition) is 7. The lowest BCUT2D eigenvalue weighted by Crippen LogP contribution is -2.29. The van der Waals surface area contributed by atoms with Gasteiger partial charge >= 0.3 is 0 Å². The van der Waals surface area contributed by atoms with Crippen LogP contribution in [0.5, 0.6) is 11.5 Å². The molecule has 2 aliphatic rings. The first-order chi connectivity index (χ1) is 16.8. The molecule has 2 N–H and O–H groups in total. The lowest BCUT2D eigenvalue weighted by atomic mass is 9.97. The van der Waals surface area contributed by atoms with Crippen molar-refractivity contribution in [1.82, 2.24) is 19.9 Å². The van der Waals surface area contributed by atoms with E-state index in [9.17, 15) is 0 Å². The molecule has 0 unspecified atom stereocenters. The molecule has 8 heteroatoms. The second-order valence-corrected chi connectivity index (χ2v) is 9.80. The average molecular weight is 483 g/mol. The first kappa shape index (κ1) is 26.6. The van der Waals surface area contributed by atoms with Gasteiger partial charge in [-0.05, 0) is 37.0 Å². The molecule has 0 amide bonds. The van der Waals surface area contributed by atoms with Gasteiger partial charge in [-0.3, -0.25) is 0 Å². The molecule has 0 bridgehead atoms. The molecule has 0 atom stereocenters. The van der Waals surface area contributed by atoms with Crippen LogP contribution in [-0.4, -0.2) is 54.6 Å². The molecule has 4 heterocycles. The van der Waals surface area contributed by atoms with Gasteiger partial charge in [-0.2, -0.15) is 0 Å². The van der Waals surface area contributed by atoms with Crippen molar-refractivity contribution in [3.8, 4) is 11.5 Å². The van der Waals surface area contributed by atoms with E-state index in [-0.39, 0.29) is 0 Å². The smallest absolute Gasteiger partial charge is 0.231 e. The Morgan fingerprint density at radius 2 is 1.74 bits per heavy atom. The van der Waals surface area contributed by atoms with Crippen LogP contribution in [0.15, 0.2) is 24.4 Å². The second-order valence-electron chi connectivity index (χ2n) is 9.80. The van der Waals surface area contributed by atoms with Gasteiger partial charge in [0.1, 0.15) is 11.3 Å². The zero-order valence-corrected chi connectivity index (χ0v) is 22.7. The maximum Gasteiger partial charge on any atom is 0.231 e. The van der Waals surface area contributed by atoms with E-state index in [2.05, 4.69) is 69.9 Å². The van der Waals surface area contributed by atoms with Gasteiger partial charge in [-0.25, -0.2) is 9.97 Å². The Hall–Kier alpha value is -3.00. The van der Waals surface area contributed by atoms with Crippen LogP contribution in [0, 0.1) is 19.3 Å². The van der Waals surface area contributed by atoms with Crippen LogP contribution in [0.4, 0.5) is 11.5 Å². The first-order valence-electron chi connectivity index (χ1n) is 12.6. The topological polar surface area (TPSA) is 76.2 Å². The van der Waals surface area contributed by atoms with Gasteiger partial charge in [0.2, 0.25) is 6.79 Å². The van der Waals surface area contributed by atoms with Crippen molar-refractivity contribution >= 4 is 22.5 Å². The van der Waals surface area contributed by atoms with Crippen LogP contribution in [0.3, 0.4) is 0 Å². The third-order valence-corrected chi connectivity index (χ3v) is 5.74. The maximum atomic E-state index is 5.32. The summed E-state index contributed by atoms with van der Waals surface area (Å²) in [6, 6.07) is 6.15. The highest BCUT2D eigenvalue weighted by Crippen LogP contribution is 2.39. The fourth-order valence-corrected chi connectivity index (χ4v) is 3.95. The Kier molecular flexibility index (Phi) is 8.83.